The predicted octanol–water partition coefficient (Wildman–Crippen LogP) is 0.547. The first kappa shape index (κ1) is 8.22. The Morgan fingerprint density at radius 3 is 2.54 bits per heavy atom. The van der Waals surface area contributed by atoms with Crippen molar-refractivity contribution in [2.45, 2.75) is 13.2 Å². The highest BCUT2D eigenvalue weighted by molar-refractivity contribution is 5.81. The van der Waals surface area contributed by atoms with Crippen molar-refractivity contribution < 1.29 is 10.2 Å². The topological polar surface area (TPSA) is 69.1 Å². The van der Waals surface area contributed by atoms with Crippen molar-refractivity contribution in [1.29, 1.82) is 0 Å². The Kier molecular flexibility index (Phi) is 2.00. The Bertz CT molecular complexity index is 384. The van der Waals surface area contributed by atoms with Gasteiger partial charge in [0.1, 0.15) is 0 Å². The smallest absolute Gasteiger partial charge is 0.0941 e. The normalized spacial score (nSPS) is 10.9. The minimum Gasteiger partial charge on any atom is -0.392 e. The Hall–Kier alpha value is -1.39. The summed E-state index contributed by atoms with van der Waals surface area (Å²) < 4.78 is 0. The van der Waals surface area contributed by atoms with Crippen LogP contribution in [0.1, 0.15) is 11.1 Å². The van der Waals surface area contributed by atoms with Crippen LogP contribution in [0.15, 0.2) is 18.5 Å². The van der Waals surface area contributed by atoms with Crippen LogP contribution in [-0.2, 0) is 13.2 Å². The fourth-order valence-corrected chi connectivity index (χ4v) is 1.41. The van der Waals surface area contributed by atoms with Gasteiger partial charge in [-0.3, -0.25) is 0 Å². The lowest BCUT2D eigenvalue weighted by Crippen LogP contribution is -1.90. The van der Waals surface area contributed by atoms with Crippen molar-refractivity contribution in [3.8, 4) is 0 Å². The average Bonchev–Trinajstić information content (AvgIpc) is 2.64. The number of hydrogen-bond acceptors (Lipinski definition) is 3. The third-order valence-electron chi connectivity index (χ3n) is 2.09. The highest BCUT2D eigenvalue weighted by atomic mass is 16.3. The second kappa shape index (κ2) is 3.16. The molecule has 0 bridgehead atoms. The average molecular weight is 178 g/mol. The molecular weight excluding hydrogens is 168 g/mol. The standard InChI is InChI=1S/C9H10N2O2/c12-3-6-1-2-7(4-13)9-8(6)10-5-11-9/h1-2,5,12-13H,3-4H2,(H,10,11). The van der Waals surface area contributed by atoms with Crippen LogP contribution in [0.5, 0.6) is 0 Å². The van der Waals surface area contributed by atoms with Gasteiger partial charge in [-0.2, -0.15) is 0 Å². The molecule has 0 aliphatic heterocycles. The van der Waals surface area contributed by atoms with Crippen molar-refractivity contribution >= 4 is 11.0 Å². The van der Waals surface area contributed by atoms with Crippen molar-refractivity contribution in [2.75, 3.05) is 0 Å². The van der Waals surface area contributed by atoms with Crippen molar-refractivity contribution in [3.05, 3.63) is 29.6 Å². The van der Waals surface area contributed by atoms with Gasteiger partial charge in [0.2, 0.25) is 0 Å². The van der Waals surface area contributed by atoms with Crippen LogP contribution in [0.2, 0.25) is 0 Å². The molecule has 0 radical (unpaired) electrons. The lowest BCUT2D eigenvalue weighted by Gasteiger charge is -2.01. The van der Waals surface area contributed by atoms with Crippen LogP contribution < -0.4 is 0 Å². The highest BCUT2D eigenvalue weighted by Gasteiger charge is 2.06. The van der Waals surface area contributed by atoms with E-state index in [2.05, 4.69) is 9.97 Å². The van der Waals surface area contributed by atoms with E-state index in [1.165, 1.54) is 0 Å². The molecule has 0 aliphatic carbocycles. The van der Waals surface area contributed by atoms with E-state index in [1.807, 2.05) is 0 Å². The van der Waals surface area contributed by atoms with Gasteiger partial charge in [-0.15, -0.1) is 0 Å². The van der Waals surface area contributed by atoms with Gasteiger partial charge in [0.15, 0.2) is 0 Å². The fourth-order valence-electron chi connectivity index (χ4n) is 1.41. The Labute approximate surface area is 74.9 Å². The quantitative estimate of drug-likeness (QED) is 0.629. The highest BCUT2D eigenvalue weighted by Crippen LogP contribution is 2.19. The van der Waals surface area contributed by atoms with Crippen LogP contribution >= 0.6 is 0 Å². The molecule has 0 fully saturated rings. The summed E-state index contributed by atoms with van der Waals surface area (Å²) in [6.45, 7) is -0.0581. The van der Waals surface area contributed by atoms with Gasteiger partial charge in [-0.05, 0) is 0 Å². The molecule has 0 aliphatic rings. The number of aromatic amines is 1. The maximum Gasteiger partial charge on any atom is 0.0941 e. The van der Waals surface area contributed by atoms with Crippen LogP contribution in [0.3, 0.4) is 0 Å². The summed E-state index contributed by atoms with van der Waals surface area (Å²) in [6.07, 6.45) is 1.56. The van der Waals surface area contributed by atoms with Crippen LogP contribution in [0.25, 0.3) is 11.0 Å². The van der Waals surface area contributed by atoms with E-state index in [4.69, 9.17) is 10.2 Å². The van der Waals surface area contributed by atoms with E-state index in [0.717, 1.165) is 22.2 Å². The molecule has 13 heavy (non-hydrogen) atoms. The monoisotopic (exact) mass is 178 g/mol. The Morgan fingerprint density at radius 2 is 1.85 bits per heavy atom. The molecule has 2 aromatic rings. The van der Waals surface area contributed by atoms with E-state index in [-0.39, 0.29) is 13.2 Å². The lowest BCUT2D eigenvalue weighted by atomic mass is 10.1. The van der Waals surface area contributed by atoms with E-state index in [1.54, 1.807) is 18.5 Å². The number of hydrogen-bond donors (Lipinski definition) is 3. The zero-order chi connectivity index (χ0) is 9.26. The zero-order valence-corrected chi connectivity index (χ0v) is 6.99. The van der Waals surface area contributed by atoms with Crippen LogP contribution in [0.4, 0.5) is 0 Å². The SMILES string of the molecule is OCc1ccc(CO)c2[nH]cnc12. The number of aromatic nitrogens is 2. The number of imidazole rings is 1. The Balaban J connectivity index is 2.74. The molecule has 1 aromatic heterocycles. The summed E-state index contributed by atoms with van der Waals surface area (Å²) in [5.74, 6) is 0. The van der Waals surface area contributed by atoms with Crippen molar-refractivity contribution in [1.82, 2.24) is 9.97 Å². The second-order valence-corrected chi connectivity index (χ2v) is 2.83. The van der Waals surface area contributed by atoms with Gasteiger partial charge < -0.3 is 15.2 Å². The van der Waals surface area contributed by atoms with Gasteiger partial charge in [-0.25, -0.2) is 4.98 Å². The summed E-state index contributed by atoms with van der Waals surface area (Å²) in [4.78, 5) is 7.00. The van der Waals surface area contributed by atoms with Gasteiger partial charge in [-0.1, -0.05) is 12.1 Å². The number of fused-ring (bicyclic) bond motifs is 1. The van der Waals surface area contributed by atoms with Gasteiger partial charge in [0.25, 0.3) is 0 Å². The summed E-state index contributed by atoms with van der Waals surface area (Å²) in [5.41, 5.74) is 3.10. The molecule has 4 nitrogen and oxygen atoms in total. The number of nitrogens with zero attached hydrogens (tertiary/aromatic N) is 1. The van der Waals surface area contributed by atoms with E-state index < -0.39 is 0 Å². The van der Waals surface area contributed by atoms with Crippen LogP contribution in [-0.4, -0.2) is 20.2 Å². The molecule has 0 atom stereocenters. The van der Waals surface area contributed by atoms with Gasteiger partial charge in [0.05, 0.1) is 30.6 Å². The minimum atomic E-state index is -0.0347. The van der Waals surface area contributed by atoms with Crippen molar-refractivity contribution in [2.24, 2.45) is 0 Å². The molecule has 68 valence electrons. The summed E-state index contributed by atoms with van der Waals surface area (Å²) in [7, 11) is 0. The molecule has 2 rings (SSSR count). The first-order chi connectivity index (χ1) is 6.36. The van der Waals surface area contributed by atoms with E-state index in [9.17, 15) is 0 Å². The molecule has 0 spiro atoms. The van der Waals surface area contributed by atoms with Crippen molar-refractivity contribution in [3.63, 3.8) is 0 Å². The first-order valence-corrected chi connectivity index (χ1v) is 4.02. The largest absolute Gasteiger partial charge is 0.392 e. The number of rotatable bonds is 2. The molecule has 0 unspecified atom stereocenters. The fraction of sp³-hybridized carbons (Fsp3) is 0.222. The van der Waals surface area contributed by atoms with Crippen LogP contribution in [0, 0.1) is 0 Å². The third kappa shape index (κ3) is 1.20. The molecule has 0 saturated carbocycles. The minimum absolute atomic E-state index is 0.0234. The summed E-state index contributed by atoms with van der Waals surface area (Å²) >= 11 is 0. The molecule has 0 amide bonds. The zero-order valence-electron chi connectivity index (χ0n) is 6.99. The molecule has 0 saturated heterocycles. The number of nitrogens with one attached hydrogen (secondary N) is 1. The first-order valence-electron chi connectivity index (χ1n) is 4.02. The lowest BCUT2D eigenvalue weighted by molar-refractivity contribution is 0.280. The molecule has 1 aromatic carbocycles. The summed E-state index contributed by atoms with van der Waals surface area (Å²) in [5, 5.41) is 18.0. The predicted molar refractivity (Wildman–Crippen MR) is 47.9 cm³/mol. The maximum absolute atomic E-state index is 9.01. The number of benzene rings is 1. The molecule has 3 N–H and O–H groups in total. The second-order valence-electron chi connectivity index (χ2n) is 2.83. The molecular formula is C9H10N2O2. The van der Waals surface area contributed by atoms with Gasteiger partial charge in [0, 0.05) is 11.1 Å². The number of aliphatic hydroxyl groups excluding tert-OH is 2. The van der Waals surface area contributed by atoms with Gasteiger partial charge >= 0.3 is 0 Å². The van der Waals surface area contributed by atoms with E-state index >= 15 is 0 Å². The maximum atomic E-state index is 9.01. The Morgan fingerprint density at radius 1 is 1.15 bits per heavy atom. The molecule has 4 heteroatoms. The third-order valence-corrected chi connectivity index (χ3v) is 2.09. The number of H-pyrrole nitrogens is 1. The van der Waals surface area contributed by atoms with E-state index in [0.29, 0.717) is 0 Å². The number of aliphatic hydroxyl groups is 2. The summed E-state index contributed by atoms with van der Waals surface area (Å²) in [6, 6.07) is 3.56. The molecule has 1 heterocycles.